The maximum Gasteiger partial charge on any atom is 0.0830 e. The molecule has 5 rings (SSSR count). The van der Waals surface area contributed by atoms with Gasteiger partial charge in [0.05, 0.1) is 5.60 Å². The molecule has 0 aromatic carbocycles. The number of hydrogen-bond donors (Lipinski definition) is 1. The van der Waals surface area contributed by atoms with Crippen LogP contribution in [0.25, 0.3) is 0 Å². The van der Waals surface area contributed by atoms with E-state index in [-0.39, 0.29) is 5.41 Å². The molecule has 0 spiro atoms. The first kappa shape index (κ1) is 16.1. The zero-order valence-electron chi connectivity index (χ0n) is 15.9. The van der Waals surface area contributed by atoms with Crippen molar-refractivity contribution in [2.45, 2.75) is 83.7 Å². The van der Waals surface area contributed by atoms with Crippen molar-refractivity contribution in [2.75, 3.05) is 19.6 Å². The Balaban J connectivity index is 1.43. The normalized spacial score (nSPS) is 57.1. The molecular formula is C22H37NO. The third-order valence-corrected chi connectivity index (χ3v) is 9.93. The lowest BCUT2D eigenvalue weighted by Gasteiger charge is -2.61. The minimum atomic E-state index is -0.399. The minimum Gasteiger partial charge on any atom is -0.388 e. The monoisotopic (exact) mass is 331 g/mol. The predicted molar refractivity (Wildman–Crippen MR) is 97.7 cm³/mol. The molecular weight excluding hydrogens is 294 g/mol. The van der Waals surface area contributed by atoms with Gasteiger partial charge in [-0.3, -0.25) is 4.90 Å². The number of fused-ring (bicyclic) bond motifs is 5. The summed E-state index contributed by atoms with van der Waals surface area (Å²) >= 11 is 0. The predicted octanol–water partition coefficient (Wildman–Crippen LogP) is 4.47. The van der Waals surface area contributed by atoms with E-state index in [0.717, 1.165) is 36.6 Å². The van der Waals surface area contributed by atoms with Crippen LogP contribution in [0.2, 0.25) is 0 Å². The Morgan fingerprint density at radius 1 is 0.875 bits per heavy atom. The molecule has 2 nitrogen and oxygen atoms in total. The summed E-state index contributed by atoms with van der Waals surface area (Å²) in [6, 6.07) is 0. The van der Waals surface area contributed by atoms with Gasteiger partial charge in [-0.05, 0) is 80.5 Å². The molecule has 0 radical (unpaired) electrons. The van der Waals surface area contributed by atoms with E-state index in [1.165, 1.54) is 70.9 Å². The Morgan fingerprint density at radius 3 is 2.46 bits per heavy atom. The van der Waals surface area contributed by atoms with Crippen molar-refractivity contribution in [3.05, 3.63) is 0 Å². The number of aliphatic hydroxyl groups is 1. The highest BCUT2D eigenvalue weighted by molar-refractivity contribution is 5.15. The number of hydrogen-bond acceptors (Lipinski definition) is 2. The highest BCUT2D eigenvalue weighted by Crippen LogP contribution is 2.68. The molecule has 2 heteroatoms. The van der Waals surface area contributed by atoms with Crippen LogP contribution in [-0.4, -0.2) is 35.2 Å². The highest BCUT2D eigenvalue weighted by atomic mass is 16.3. The van der Waals surface area contributed by atoms with E-state index in [1.807, 2.05) is 0 Å². The van der Waals surface area contributed by atoms with Crippen molar-refractivity contribution >= 4 is 0 Å². The molecule has 0 amide bonds. The first-order valence-corrected chi connectivity index (χ1v) is 10.9. The standard InChI is InChI=1S/C22H37NO/c1-20-10-4-3-5-16(20)6-7-17-18(20)8-11-21(2)19(17)9-12-22(21,24)15-23-13-14-23/h16-19,24H,3-15H2,1-2H3/t16-,17+,18-,19+,20-,21-,22+/m0/s1. The van der Waals surface area contributed by atoms with Gasteiger partial charge in [0.15, 0.2) is 0 Å². The summed E-state index contributed by atoms with van der Waals surface area (Å²) in [5, 5.41) is 11.6. The molecule has 1 N–H and O–H groups in total. The van der Waals surface area contributed by atoms with Crippen LogP contribution < -0.4 is 0 Å². The topological polar surface area (TPSA) is 23.2 Å². The molecule has 0 bridgehead atoms. The summed E-state index contributed by atoms with van der Waals surface area (Å²) in [5.74, 6) is 3.67. The first-order valence-electron chi connectivity index (χ1n) is 10.9. The molecule has 4 saturated carbocycles. The summed E-state index contributed by atoms with van der Waals surface area (Å²) in [6.07, 6.45) is 13.9. The van der Waals surface area contributed by atoms with Crippen molar-refractivity contribution in [1.82, 2.24) is 4.90 Å². The van der Waals surface area contributed by atoms with E-state index in [1.54, 1.807) is 0 Å². The van der Waals surface area contributed by atoms with Gasteiger partial charge < -0.3 is 5.11 Å². The second-order valence-corrected chi connectivity index (χ2v) is 10.7. The van der Waals surface area contributed by atoms with Gasteiger partial charge in [0.25, 0.3) is 0 Å². The van der Waals surface area contributed by atoms with E-state index in [9.17, 15) is 5.11 Å². The third-order valence-electron chi connectivity index (χ3n) is 9.93. The lowest BCUT2D eigenvalue weighted by Crippen LogP contribution is -2.57. The molecule has 1 heterocycles. The van der Waals surface area contributed by atoms with Crippen molar-refractivity contribution in [3.63, 3.8) is 0 Å². The Hall–Kier alpha value is -0.0800. The number of nitrogens with zero attached hydrogens (tertiary/aromatic N) is 1. The van der Waals surface area contributed by atoms with E-state index < -0.39 is 5.60 Å². The van der Waals surface area contributed by atoms with Crippen LogP contribution >= 0.6 is 0 Å². The molecule has 0 unspecified atom stereocenters. The average molecular weight is 332 g/mol. The van der Waals surface area contributed by atoms with Crippen LogP contribution in [0, 0.1) is 34.5 Å². The zero-order valence-corrected chi connectivity index (χ0v) is 15.9. The molecule has 24 heavy (non-hydrogen) atoms. The van der Waals surface area contributed by atoms with Crippen LogP contribution in [0.5, 0.6) is 0 Å². The molecule has 0 aromatic heterocycles. The van der Waals surface area contributed by atoms with E-state index in [0.29, 0.717) is 5.41 Å². The van der Waals surface area contributed by atoms with Gasteiger partial charge in [0, 0.05) is 25.0 Å². The van der Waals surface area contributed by atoms with Crippen LogP contribution in [-0.2, 0) is 0 Å². The second kappa shape index (κ2) is 5.22. The van der Waals surface area contributed by atoms with E-state index in [4.69, 9.17) is 0 Å². The average Bonchev–Trinajstić information content (AvgIpc) is 3.32. The Bertz CT molecular complexity index is 516. The number of β-amino-alcohol motifs (C(OH)–C–C–N with tert-alkyl or cyclic N) is 1. The molecule has 1 saturated heterocycles. The van der Waals surface area contributed by atoms with Gasteiger partial charge >= 0.3 is 0 Å². The fourth-order valence-electron chi connectivity index (χ4n) is 8.26. The lowest BCUT2D eigenvalue weighted by molar-refractivity contribution is -0.153. The van der Waals surface area contributed by atoms with Gasteiger partial charge in [0.1, 0.15) is 0 Å². The maximum absolute atomic E-state index is 11.6. The van der Waals surface area contributed by atoms with Gasteiger partial charge in [-0.2, -0.15) is 0 Å². The summed E-state index contributed by atoms with van der Waals surface area (Å²) in [4.78, 5) is 2.46. The third kappa shape index (κ3) is 2.08. The summed E-state index contributed by atoms with van der Waals surface area (Å²) in [7, 11) is 0. The molecule has 7 atom stereocenters. The molecule has 136 valence electrons. The minimum absolute atomic E-state index is 0.189. The van der Waals surface area contributed by atoms with Crippen LogP contribution in [0.3, 0.4) is 0 Å². The highest BCUT2D eigenvalue weighted by Gasteiger charge is 2.64. The molecule has 5 fully saturated rings. The second-order valence-electron chi connectivity index (χ2n) is 10.7. The van der Waals surface area contributed by atoms with Crippen LogP contribution in [0.4, 0.5) is 0 Å². The molecule has 1 aliphatic heterocycles. The lowest BCUT2D eigenvalue weighted by atomic mass is 9.44. The molecule has 0 aromatic rings. The summed E-state index contributed by atoms with van der Waals surface area (Å²) in [6.45, 7) is 8.52. The smallest absolute Gasteiger partial charge is 0.0830 e. The first-order chi connectivity index (χ1) is 11.5. The maximum atomic E-state index is 11.6. The number of rotatable bonds is 2. The fraction of sp³-hybridized carbons (Fsp3) is 1.00. The Kier molecular flexibility index (Phi) is 3.51. The summed E-state index contributed by atoms with van der Waals surface area (Å²) in [5.41, 5.74) is 0.418. The SMILES string of the molecule is C[C@]12CCCC[C@H]1CC[C@H]1[C@H]3CC[C@@](O)(CN4CC4)[C@@]3(C)CC[C@@H]12. The van der Waals surface area contributed by atoms with Gasteiger partial charge in [0.2, 0.25) is 0 Å². The largest absolute Gasteiger partial charge is 0.388 e. The van der Waals surface area contributed by atoms with Crippen LogP contribution in [0.1, 0.15) is 78.1 Å². The van der Waals surface area contributed by atoms with Crippen molar-refractivity contribution in [2.24, 2.45) is 34.5 Å². The van der Waals surface area contributed by atoms with Gasteiger partial charge in [-0.1, -0.05) is 26.7 Å². The zero-order chi connectivity index (χ0) is 16.6. The van der Waals surface area contributed by atoms with Crippen molar-refractivity contribution < 1.29 is 5.11 Å². The van der Waals surface area contributed by atoms with Gasteiger partial charge in [-0.25, -0.2) is 0 Å². The van der Waals surface area contributed by atoms with E-state index in [2.05, 4.69) is 18.7 Å². The molecule has 4 aliphatic carbocycles. The van der Waals surface area contributed by atoms with Crippen molar-refractivity contribution in [1.29, 1.82) is 0 Å². The van der Waals surface area contributed by atoms with Crippen molar-refractivity contribution in [3.8, 4) is 0 Å². The molecule has 5 aliphatic rings. The van der Waals surface area contributed by atoms with Gasteiger partial charge in [-0.15, -0.1) is 0 Å². The Labute approximate surface area is 148 Å². The van der Waals surface area contributed by atoms with E-state index >= 15 is 0 Å². The van der Waals surface area contributed by atoms with Crippen LogP contribution in [0.15, 0.2) is 0 Å². The fourth-order valence-corrected chi connectivity index (χ4v) is 8.26. The Morgan fingerprint density at radius 2 is 1.67 bits per heavy atom. The summed E-state index contributed by atoms with van der Waals surface area (Å²) < 4.78 is 0. The quantitative estimate of drug-likeness (QED) is 0.755.